The van der Waals surface area contributed by atoms with Crippen LogP contribution in [0.3, 0.4) is 0 Å². The van der Waals surface area contributed by atoms with Crippen LogP contribution in [0.4, 0.5) is 4.79 Å². The molecule has 200 valence electrons. The van der Waals surface area contributed by atoms with Gasteiger partial charge in [-0.25, -0.2) is 4.79 Å². The van der Waals surface area contributed by atoms with E-state index < -0.39 is 29.3 Å². The number of hydrogen-bond donors (Lipinski definition) is 2. The number of hydrogen-bond acceptors (Lipinski definition) is 5. The van der Waals surface area contributed by atoms with Gasteiger partial charge >= 0.3 is 12.1 Å². The molecule has 0 saturated heterocycles. The van der Waals surface area contributed by atoms with Gasteiger partial charge in [0.2, 0.25) is 0 Å². The molecular formula is C28H53NO5. The summed E-state index contributed by atoms with van der Waals surface area (Å²) in [6.07, 6.45) is 17.1. The highest BCUT2D eigenvalue weighted by Gasteiger charge is 2.28. The van der Waals surface area contributed by atoms with Crippen LogP contribution in [0.15, 0.2) is 12.2 Å². The predicted octanol–water partition coefficient (Wildman–Crippen LogP) is 7.09. The van der Waals surface area contributed by atoms with Gasteiger partial charge in [-0.3, -0.25) is 4.79 Å². The molecule has 6 nitrogen and oxygen atoms in total. The maximum absolute atomic E-state index is 12.2. The number of carbonyl (C=O) groups excluding carboxylic acids is 2. The van der Waals surface area contributed by atoms with Crippen LogP contribution < -0.4 is 5.32 Å². The predicted molar refractivity (Wildman–Crippen MR) is 140 cm³/mol. The van der Waals surface area contributed by atoms with Crippen molar-refractivity contribution >= 4 is 12.1 Å². The Bertz CT molecular complexity index is 574. The molecule has 0 bridgehead atoms. The highest BCUT2D eigenvalue weighted by molar-refractivity contribution is 5.75. The fourth-order valence-electron chi connectivity index (χ4n) is 3.36. The van der Waals surface area contributed by atoms with Crippen molar-refractivity contribution in [3.8, 4) is 0 Å². The van der Waals surface area contributed by atoms with Crippen LogP contribution in [0.25, 0.3) is 0 Å². The minimum atomic E-state index is -0.979. The molecule has 34 heavy (non-hydrogen) atoms. The molecule has 0 rings (SSSR count). The summed E-state index contributed by atoms with van der Waals surface area (Å²) < 4.78 is 10.6. The molecule has 0 aliphatic carbocycles. The van der Waals surface area contributed by atoms with E-state index in [9.17, 15) is 14.7 Å². The third kappa shape index (κ3) is 18.8. The molecule has 0 aliphatic heterocycles. The van der Waals surface area contributed by atoms with Crippen molar-refractivity contribution in [2.24, 2.45) is 5.41 Å². The molecular weight excluding hydrogens is 430 g/mol. The molecule has 2 atom stereocenters. The monoisotopic (exact) mass is 483 g/mol. The van der Waals surface area contributed by atoms with E-state index in [4.69, 9.17) is 9.47 Å². The largest absolute Gasteiger partial charge is 0.463 e. The highest BCUT2D eigenvalue weighted by atomic mass is 16.6. The van der Waals surface area contributed by atoms with Gasteiger partial charge in [-0.15, -0.1) is 0 Å². The van der Waals surface area contributed by atoms with Crippen molar-refractivity contribution in [1.29, 1.82) is 0 Å². The Morgan fingerprint density at radius 3 is 1.82 bits per heavy atom. The van der Waals surface area contributed by atoms with Crippen LogP contribution in [0.5, 0.6) is 0 Å². The SMILES string of the molecule is CCCCCCCCCCCCCC=CC(O)C(COC(=O)C(C)(C)C)NC(=O)OC(C)(C)C. The number of ether oxygens (including phenoxy) is 2. The van der Waals surface area contributed by atoms with E-state index in [1.165, 1.54) is 64.2 Å². The van der Waals surface area contributed by atoms with Gasteiger partial charge in [-0.1, -0.05) is 83.3 Å². The summed E-state index contributed by atoms with van der Waals surface area (Å²) >= 11 is 0. The number of esters is 1. The average molecular weight is 484 g/mol. The number of allylic oxidation sites excluding steroid dienone is 1. The van der Waals surface area contributed by atoms with Gasteiger partial charge in [0.25, 0.3) is 0 Å². The maximum Gasteiger partial charge on any atom is 0.408 e. The van der Waals surface area contributed by atoms with Crippen molar-refractivity contribution in [2.75, 3.05) is 6.61 Å². The van der Waals surface area contributed by atoms with Gasteiger partial charge in [0.1, 0.15) is 12.2 Å². The summed E-state index contributed by atoms with van der Waals surface area (Å²) in [6.45, 7) is 12.7. The van der Waals surface area contributed by atoms with Crippen molar-refractivity contribution < 1.29 is 24.2 Å². The van der Waals surface area contributed by atoms with Crippen LogP contribution in [0.2, 0.25) is 0 Å². The number of alkyl carbamates (subject to hydrolysis) is 1. The van der Waals surface area contributed by atoms with Crippen molar-refractivity contribution in [1.82, 2.24) is 5.32 Å². The second-order valence-electron chi connectivity index (χ2n) is 11.3. The molecule has 0 aromatic carbocycles. The van der Waals surface area contributed by atoms with E-state index in [-0.39, 0.29) is 12.6 Å². The Morgan fingerprint density at radius 1 is 0.853 bits per heavy atom. The molecule has 6 heteroatoms. The number of amides is 1. The van der Waals surface area contributed by atoms with Gasteiger partial charge in [-0.05, 0) is 54.4 Å². The standard InChI is InChI=1S/C28H53NO5/c1-8-9-10-11-12-13-14-15-16-17-18-19-20-21-24(30)23(22-33-25(31)27(2,3)4)29-26(32)34-28(5,6)7/h20-21,23-24,30H,8-19,22H2,1-7H3,(H,29,32). The van der Waals surface area contributed by atoms with E-state index in [2.05, 4.69) is 12.2 Å². The lowest BCUT2D eigenvalue weighted by molar-refractivity contribution is -0.154. The van der Waals surface area contributed by atoms with Crippen LogP contribution in [0.1, 0.15) is 126 Å². The minimum Gasteiger partial charge on any atom is -0.463 e. The summed E-state index contributed by atoms with van der Waals surface area (Å²) in [7, 11) is 0. The Labute approximate surface area is 209 Å². The molecule has 0 aliphatic rings. The first-order chi connectivity index (χ1) is 15.9. The molecule has 0 aromatic rings. The van der Waals surface area contributed by atoms with E-state index in [1.54, 1.807) is 47.6 Å². The van der Waals surface area contributed by atoms with E-state index in [1.807, 2.05) is 6.08 Å². The van der Waals surface area contributed by atoms with Crippen molar-refractivity contribution in [3.05, 3.63) is 12.2 Å². The smallest absolute Gasteiger partial charge is 0.408 e. The number of rotatable bonds is 17. The number of nitrogens with one attached hydrogen (secondary N) is 1. The first-order valence-electron chi connectivity index (χ1n) is 13.4. The fourth-order valence-corrected chi connectivity index (χ4v) is 3.36. The molecule has 0 fully saturated rings. The molecule has 0 aromatic heterocycles. The van der Waals surface area contributed by atoms with Gasteiger partial charge in [0.05, 0.1) is 17.6 Å². The summed E-state index contributed by atoms with van der Waals surface area (Å²) in [4.78, 5) is 24.3. The number of aliphatic hydroxyl groups excluding tert-OH is 1. The van der Waals surface area contributed by atoms with Crippen LogP contribution in [-0.4, -0.2) is 41.5 Å². The number of unbranched alkanes of at least 4 members (excludes halogenated alkanes) is 11. The second kappa shape index (κ2) is 17.8. The molecule has 0 heterocycles. The quantitative estimate of drug-likeness (QED) is 0.131. The zero-order valence-electron chi connectivity index (χ0n) is 23.1. The molecule has 2 N–H and O–H groups in total. The Hall–Kier alpha value is -1.56. The summed E-state index contributed by atoms with van der Waals surface area (Å²) in [5.41, 5.74) is -1.32. The van der Waals surface area contributed by atoms with Crippen LogP contribution in [0, 0.1) is 5.41 Å². The minimum absolute atomic E-state index is 0.126. The number of aliphatic hydroxyl groups is 1. The Balaban J connectivity index is 4.36. The second-order valence-corrected chi connectivity index (χ2v) is 11.3. The van der Waals surface area contributed by atoms with E-state index in [0.717, 1.165) is 12.8 Å². The lowest BCUT2D eigenvalue weighted by atomic mass is 9.97. The lowest BCUT2D eigenvalue weighted by Crippen LogP contribution is -2.48. The first-order valence-corrected chi connectivity index (χ1v) is 13.4. The van der Waals surface area contributed by atoms with Gasteiger partial charge in [0, 0.05) is 0 Å². The topological polar surface area (TPSA) is 84.9 Å². The molecule has 0 saturated carbocycles. The van der Waals surface area contributed by atoms with Gasteiger partial charge in [-0.2, -0.15) is 0 Å². The van der Waals surface area contributed by atoms with Crippen molar-refractivity contribution in [2.45, 2.75) is 143 Å². The zero-order valence-corrected chi connectivity index (χ0v) is 23.1. The van der Waals surface area contributed by atoms with E-state index >= 15 is 0 Å². The fraction of sp³-hybridized carbons (Fsp3) is 0.857. The number of carbonyl (C=O) groups is 2. The third-order valence-corrected chi connectivity index (χ3v) is 5.43. The average Bonchev–Trinajstić information content (AvgIpc) is 2.71. The Kier molecular flexibility index (Phi) is 17.0. The summed E-state index contributed by atoms with van der Waals surface area (Å²) in [6, 6.07) is -0.783. The van der Waals surface area contributed by atoms with Crippen molar-refractivity contribution in [3.63, 3.8) is 0 Å². The van der Waals surface area contributed by atoms with E-state index in [0.29, 0.717) is 0 Å². The zero-order chi connectivity index (χ0) is 26.0. The van der Waals surface area contributed by atoms with Gasteiger partial charge in [0.15, 0.2) is 0 Å². The summed E-state index contributed by atoms with van der Waals surface area (Å²) in [5.74, 6) is -0.388. The Morgan fingerprint density at radius 2 is 1.35 bits per heavy atom. The molecule has 0 spiro atoms. The first kappa shape index (κ1) is 32.4. The molecule has 1 amide bonds. The van der Waals surface area contributed by atoms with Gasteiger partial charge < -0.3 is 19.9 Å². The maximum atomic E-state index is 12.2. The highest BCUT2D eigenvalue weighted by Crippen LogP contribution is 2.16. The normalized spacial score (nSPS) is 14.1. The lowest BCUT2D eigenvalue weighted by Gasteiger charge is -2.26. The van der Waals surface area contributed by atoms with Crippen LogP contribution in [-0.2, 0) is 14.3 Å². The van der Waals surface area contributed by atoms with Crippen LogP contribution >= 0.6 is 0 Å². The third-order valence-electron chi connectivity index (χ3n) is 5.43. The molecule has 0 radical (unpaired) electrons. The summed E-state index contributed by atoms with van der Waals surface area (Å²) in [5, 5.41) is 13.2. The molecule has 2 unspecified atom stereocenters.